The van der Waals surface area contributed by atoms with Gasteiger partial charge < -0.3 is 10.2 Å². The molecule has 2 fully saturated rings. The van der Waals surface area contributed by atoms with Gasteiger partial charge in [0.1, 0.15) is 0 Å². The number of hydrogen-bond donors (Lipinski definition) is 1. The number of rotatable bonds is 1. The van der Waals surface area contributed by atoms with Gasteiger partial charge >= 0.3 is 0 Å². The highest BCUT2D eigenvalue weighted by molar-refractivity contribution is 5.84. The molecule has 1 saturated heterocycles. The van der Waals surface area contributed by atoms with Gasteiger partial charge in [-0.05, 0) is 17.8 Å². The Bertz CT molecular complexity index is 295. The molecular weight excluding hydrogens is 200 g/mol. The Morgan fingerprint density at radius 2 is 1.81 bits per heavy atom. The zero-order chi connectivity index (χ0) is 12.1. The van der Waals surface area contributed by atoms with E-state index in [9.17, 15) is 4.79 Å². The number of nitrogens with one attached hydrogen (secondary N) is 1. The van der Waals surface area contributed by atoms with Crippen molar-refractivity contribution < 1.29 is 4.79 Å². The SMILES string of the molecule is CC1CN(C(=O)C2C(C)(C)C2(C)C)CCN1. The van der Waals surface area contributed by atoms with E-state index in [-0.39, 0.29) is 16.7 Å². The molecule has 1 saturated carbocycles. The van der Waals surface area contributed by atoms with E-state index in [1.165, 1.54) is 0 Å². The summed E-state index contributed by atoms with van der Waals surface area (Å²) in [6, 6.07) is 0.433. The third kappa shape index (κ3) is 1.56. The molecule has 1 aliphatic carbocycles. The summed E-state index contributed by atoms with van der Waals surface area (Å²) in [5.74, 6) is 0.577. The molecule has 1 unspecified atom stereocenters. The Kier molecular flexibility index (Phi) is 2.57. The lowest BCUT2D eigenvalue weighted by Crippen LogP contribution is -2.52. The van der Waals surface area contributed by atoms with Gasteiger partial charge in [0.25, 0.3) is 0 Å². The molecule has 1 N–H and O–H groups in total. The minimum absolute atomic E-state index is 0.165. The topological polar surface area (TPSA) is 32.3 Å². The van der Waals surface area contributed by atoms with Crippen molar-refractivity contribution in [1.29, 1.82) is 0 Å². The van der Waals surface area contributed by atoms with Gasteiger partial charge in [0.15, 0.2) is 0 Å². The summed E-state index contributed by atoms with van der Waals surface area (Å²) in [4.78, 5) is 14.5. The highest BCUT2D eigenvalue weighted by Crippen LogP contribution is 2.68. The summed E-state index contributed by atoms with van der Waals surface area (Å²) in [5.41, 5.74) is 0.330. The van der Waals surface area contributed by atoms with Gasteiger partial charge in [-0.2, -0.15) is 0 Å². The zero-order valence-corrected chi connectivity index (χ0v) is 11.1. The van der Waals surface area contributed by atoms with Crippen molar-refractivity contribution in [1.82, 2.24) is 10.2 Å². The Labute approximate surface area is 98.6 Å². The van der Waals surface area contributed by atoms with E-state index < -0.39 is 0 Å². The number of carbonyl (C=O) groups is 1. The van der Waals surface area contributed by atoms with Crippen LogP contribution in [0, 0.1) is 16.7 Å². The van der Waals surface area contributed by atoms with E-state index in [1.807, 2.05) is 4.90 Å². The van der Waals surface area contributed by atoms with E-state index in [2.05, 4.69) is 39.9 Å². The molecule has 2 aliphatic rings. The first-order valence-electron chi connectivity index (χ1n) is 6.30. The maximum Gasteiger partial charge on any atom is 0.226 e. The van der Waals surface area contributed by atoms with Gasteiger partial charge in [0, 0.05) is 31.6 Å². The lowest BCUT2D eigenvalue weighted by molar-refractivity contribution is -0.135. The minimum Gasteiger partial charge on any atom is -0.340 e. The second kappa shape index (κ2) is 3.46. The van der Waals surface area contributed by atoms with Gasteiger partial charge in [-0.1, -0.05) is 27.7 Å². The summed E-state index contributed by atoms with van der Waals surface area (Å²) in [5, 5.41) is 3.37. The monoisotopic (exact) mass is 224 g/mol. The van der Waals surface area contributed by atoms with E-state index in [0.717, 1.165) is 19.6 Å². The number of hydrogen-bond acceptors (Lipinski definition) is 2. The first kappa shape index (κ1) is 11.9. The summed E-state index contributed by atoms with van der Waals surface area (Å²) in [7, 11) is 0. The van der Waals surface area contributed by atoms with Crippen LogP contribution in [0.5, 0.6) is 0 Å². The average molecular weight is 224 g/mol. The maximum atomic E-state index is 12.4. The van der Waals surface area contributed by atoms with E-state index >= 15 is 0 Å². The predicted molar refractivity (Wildman–Crippen MR) is 65.1 cm³/mol. The summed E-state index contributed by atoms with van der Waals surface area (Å²) in [6.07, 6.45) is 0. The molecule has 0 aromatic heterocycles. The molecule has 0 spiro atoms. The second-order valence-electron chi connectivity index (χ2n) is 6.52. The molecule has 0 bridgehead atoms. The third-order valence-electron chi connectivity index (χ3n) is 4.95. The molecule has 0 aromatic rings. The molecule has 1 amide bonds. The fourth-order valence-corrected chi connectivity index (χ4v) is 3.13. The van der Waals surface area contributed by atoms with Crippen molar-refractivity contribution in [3.05, 3.63) is 0 Å². The molecule has 1 aliphatic heterocycles. The standard InChI is InChI=1S/C13H24N2O/c1-9-8-15(7-6-14-9)11(16)10-12(2,3)13(10,4)5/h9-10,14H,6-8H2,1-5H3. The average Bonchev–Trinajstić information content (AvgIpc) is 2.56. The highest BCUT2D eigenvalue weighted by atomic mass is 16.2. The summed E-state index contributed by atoms with van der Waals surface area (Å²) < 4.78 is 0. The van der Waals surface area contributed by atoms with Crippen LogP contribution < -0.4 is 5.32 Å². The summed E-state index contributed by atoms with van der Waals surface area (Å²) >= 11 is 0. The Balaban J connectivity index is 2.04. The summed E-state index contributed by atoms with van der Waals surface area (Å²) in [6.45, 7) is 13.6. The third-order valence-corrected chi connectivity index (χ3v) is 4.95. The smallest absolute Gasteiger partial charge is 0.226 e. The van der Waals surface area contributed by atoms with E-state index in [1.54, 1.807) is 0 Å². The van der Waals surface area contributed by atoms with Gasteiger partial charge in [-0.15, -0.1) is 0 Å². The minimum atomic E-state index is 0.165. The normalized spacial score (nSPS) is 32.6. The van der Waals surface area contributed by atoms with Crippen molar-refractivity contribution >= 4 is 5.91 Å². The van der Waals surface area contributed by atoms with Crippen LogP contribution in [-0.2, 0) is 4.79 Å². The van der Waals surface area contributed by atoms with Crippen molar-refractivity contribution in [2.75, 3.05) is 19.6 Å². The maximum absolute atomic E-state index is 12.4. The lowest BCUT2D eigenvalue weighted by atomic mass is 10.0. The molecular formula is C13H24N2O. The van der Waals surface area contributed by atoms with Crippen LogP contribution in [0.25, 0.3) is 0 Å². The van der Waals surface area contributed by atoms with Crippen LogP contribution in [0.2, 0.25) is 0 Å². The van der Waals surface area contributed by atoms with Gasteiger partial charge in [0.05, 0.1) is 0 Å². The number of carbonyl (C=O) groups excluding carboxylic acids is 1. The Morgan fingerprint density at radius 1 is 1.25 bits per heavy atom. The fourth-order valence-electron chi connectivity index (χ4n) is 3.13. The number of piperazine rings is 1. The lowest BCUT2D eigenvalue weighted by Gasteiger charge is -2.32. The number of nitrogens with zero attached hydrogens (tertiary/aromatic N) is 1. The Morgan fingerprint density at radius 3 is 2.25 bits per heavy atom. The quantitative estimate of drug-likeness (QED) is 0.732. The molecule has 1 atom stereocenters. The van der Waals surface area contributed by atoms with E-state index in [0.29, 0.717) is 11.9 Å². The molecule has 0 radical (unpaired) electrons. The number of amides is 1. The molecule has 16 heavy (non-hydrogen) atoms. The Hall–Kier alpha value is -0.570. The fraction of sp³-hybridized carbons (Fsp3) is 0.923. The van der Waals surface area contributed by atoms with Crippen LogP contribution >= 0.6 is 0 Å². The molecule has 0 aromatic carbocycles. The van der Waals surface area contributed by atoms with Crippen molar-refractivity contribution in [2.45, 2.75) is 40.7 Å². The van der Waals surface area contributed by atoms with Gasteiger partial charge in [-0.25, -0.2) is 0 Å². The van der Waals surface area contributed by atoms with Crippen LogP contribution in [0.1, 0.15) is 34.6 Å². The van der Waals surface area contributed by atoms with E-state index in [4.69, 9.17) is 0 Å². The predicted octanol–water partition coefficient (Wildman–Crippen LogP) is 1.49. The van der Waals surface area contributed by atoms with Gasteiger partial charge in [-0.3, -0.25) is 4.79 Å². The first-order valence-corrected chi connectivity index (χ1v) is 6.30. The highest BCUT2D eigenvalue weighted by Gasteiger charge is 2.68. The van der Waals surface area contributed by atoms with Crippen molar-refractivity contribution in [3.8, 4) is 0 Å². The molecule has 92 valence electrons. The van der Waals surface area contributed by atoms with Crippen LogP contribution in [0.15, 0.2) is 0 Å². The van der Waals surface area contributed by atoms with Gasteiger partial charge in [0.2, 0.25) is 5.91 Å². The van der Waals surface area contributed by atoms with Crippen molar-refractivity contribution in [3.63, 3.8) is 0 Å². The molecule has 3 heteroatoms. The van der Waals surface area contributed by atoms with Crippen LogP contribution in [0.4, 0.5) is 0 Å². The second-order valence-corrected chi connectivity index (χ2v) is 6.52. The van der Waals surface area contributed by atoms with Crippen molar-refractivity contribution in [2.24, 2.45) is 16.7 Å². The van der Waals surface area contributed by atoms with Crippen LogP contribution in [-0.4, -0.2) is 36.5 Å². The first-order chi connectivity index (χ1) is 7.28. The largest absolute Gasteiger partial charge is 0.340 e. The zero-order valence-electron chi connectivity index (χ0n) is 11.1. The molecule has 2 rings (SSSR count). The van der Waals surface area contributed by atoms with Crippen LogP contribution in [0.3, 0.4) is 0 Å². The molecule has 1 heterocycles. The molecule has 3 nitrogen and oxygen atoms in total.